The molecule has 0 saturated carbocycles. The van der Waals surface area contributed by atoms with Crippen LogP contribution in [0.2, 0.25) is 0 Å². The average Bonchev–Trinajstić information content (AvgIpc) is 2.69. The van der Waals surface area contributed by atoms with Crippen molar-refractivity contribution in [2.75, 3.05) is 14.2 Å². The summed E-state index contributed by atoms with van der Waals surface area (Å²) in [4.78, 5) is 14.1. The molecule has 1 heterocycles. The van der Waals surface area contributed by atoms with Crippen LogP contribution in [0.15, 0.2) is 12.3 Å². The van der Waals surface area contributed by atoms with E-state index < -0.39 is 0 Å². The predicted octanol–water partition coefficient (Wildman–Crippen LogP) is 2.31. The van der Waals surface area contributed by atoms with Gasteiger partial charge in [-0.25, -0.2) is 0 Å². The smallest absolute Gasteiger partial charge is 0.155 e. The molecule has 4 nitrogen and oxygen atoms in total. The van der Waals surface area contributed by atoms with E-state index in [1.807, 2.05) is 13.1 Å². The average molecular weight is 219 g/mol. The lowest BCUT2D eigenvalue weighted by atomic mass is 10.1. The third kappa shape index (κ3) is 1.34. The van der Waals surface area contributed by atoms with Crippen molar-refractivity contribution in [3.8, 4) is 11.5 Å². The Hall–Kier alpha value is -1.97. The molecule has 0 fully saturated rings. The summed E-state index contributed by atoms with van der Waals surface area (Å²) in [6.07, 6.45) is 2.64. The van der Waals surface area contributed by atoms with Crippen LogP contribution in [0.25, 0.3) is 10.9 Å². The molecule has 2 rings (SSSR count). The second kappa shape index (κ2) is 3.89. The van der Waals surface area contributed by atoms with E-state index in [1.165, 1.54) is 7.11 Å². The van der Waals surface area contributed by atoms with Crippen LogP contribution in [0.1, 0.15) is 15.9 Å². The number of hydrogen-bond acceptors (Lipinski definition) is 3. The molecule has 0 aliphatic heterocycles. The standard InChI is InChI=1S/C12H13NO3/c1-7-5-13-12-8(6-14)9(15-2)4-10(16-3)11(7)12/h4-6,13H,1-3H3. The molecule has 0 bridgehead atoms. The van der Waals surface area contributed by atoms with Crippen LogP contribution in [-0.4, -0.2) is 25.5 Å². The molecule has 84 valence electrons. The highest BCUT2D eigenvalue weighted by Crippen LogP contribution is 2.36. The number of ether oxygens (including phenoxy) is 2. The normalized spacial score (nSPS) is 10.4. The number of nitrogens with one attached hydrogen (secondary N) is 1. The minimum atomic E-state index is 0.515. The third-order valence-corrected chi connectivity index (χ3v) is 2.68. The van der Waals surface area contributed by atoms with Crippen molar-refractivity contribution < 1.29 is 14.3 Å². The Morgan fingerprint density at radius 3 is 2.50 bits per heavy atom. The maximum atomic E-state index is 11.1. The first-order valence-corrected chi connectivity index (χ1v) is 4.90. The van der Waals surface area contributed by atoms with E-state index in [9.17, 15) is 4.79 Å². The monoisotopic (exact) mass is 219 g/mol. The number of fused-ring (bicyclic) bond motifs is 1. The van der Waals surface area contributed by atoms with Gasteiger partial charge in [-0.2, -0.15) is 0 Å². The van der Waals surface area contributed by atoms with Gasteiger partial charge in [0.05, 0.1) is 25.3 Å². The number of aldehydes is 1. The van der Waals surface area contributed by atoms with Crippen LogP contribution in [0, 0.1) is 6.92 Å². The zero-order valence-corrected chi connectivity index (χ0v) is 9.46. The van der Waals surface area contributed by atoms with Gasteiger partial charge < -0.3 is 14.5 Å². The fourth-order valence-electron chi connectivity index (χ4n) is 1.89. The van der Waals surface area contributed by atoms with Crippen LogP contribution in [-0.2, 0) is 0 Å². The lowest BCUT2D eigenvalue weighted by molar-refractivity contribution is 0.112. The zero-order chi connectivity index (χ0) is 11.7. The molecule has 0 aliphatic carbocycles. The molecule has 0 radical (unpaired) electrons. The van der Waals surface area contributed by atoms with Gasteiger partial charge in [0.25, 0.3) is 0 Å². The van der Waals surface area contributed by atoms with Crippen LogP contribution in [0.3, 0.4) is 0 Å². The van der Waals surface area contributed by atoms with Gasteiger partial charge in [-0.1, -0.05) is 0 Å². The van der Waals surface area contributed by atoms with Crippen molar-refractivity contribution in [3.63, 3.8) is 0 Å². The third-order valence-electron chi connectivity index (χ3n) is 2.68. The fraction of sp³-hybridized carbons (Fsp3) is 0.250. The number of H-pyrrole nitrogens is 1. The Morgan fingerprint density at radius 1 is 1.25 bits per heavy atom. The molecule has 1 aromatic heterocycles. The maximum absolute atomic E-state index is 11.1. The first kappa shape index (κ1) is 10.5. The summed E-state index contributed by atoms with van der Waals surface area (Å²) < 4.78 is 10.5. The second-order valence-electron chi connectivity index (χ2n) is 3.53. The molecule has 0 unspecified atom stereocenters. The molecule has 1 aromatic carbocycles. The number of aryl methyl sites for hydroxylation is 1. The van der Waals surface area contributed by atoms with Gasteiger partial charge in [0, 0.05) is 17.6 Å². The first-order valence-electron chi connectivity index (χ1n) is 4.90. The minimum Gasteiger partial charge on any atom is -0.496 e. The second-order valence-corrected chi connectivity index (χ2v) is 3.53. The van der Waals surface area contributed by atoms with Crippen molar-refractivity contribution in [2.24, 2.45) is 0 Å². The van der Waals surface area contributed by atoms with Crippen LogP contribution < -0.4 is 9.47 Å². The van der Waals surface area contributed by atoms with Crippen molar-refractivity contribution >= 4 is 17.2 Å². The Balaban J connectivity index is 2.90. The van der Waals surface area contributed by atoms with E-state index in [0.717, 1.165) is 22.8 Å². The first-order chi connectivity index (χ1) is 7.72. The summed E-state index contributed by atoms with van der Waals surface area (Å²) >= 11 is 0. The topological polar surface area (TPSA) is 51.3 Å². The molecule has 16 heavy (non-hydrogen) atoms. The molecule has 0 saturated heterocycles. The van der Waals surface area contributed by atoms with Gasteiger partial charge in [0.1, 0.15) is 11.5 Å². The molecule has 0 spiro atoms. The molecule has 0 amide bonds. The molecular weight excluding hydrogens is 206 g/mol. The largest absolute Gasteiger partial charge is 0.496 e. The molecule has 2 aromatic rings. The Labute approximate surface area is 93.2 Å². The maximum Gasteiger partial charge on any atom is 0.155 e. The number of hydrogen-bond donors (Lipinski definition) is 1. The number of rotatable bonds is 3. The van der Waals surface area contributed by atoms with E-state index in [-0.39, 0.29) is 0 Å². The lowest BCUT2D eigenvalue weighted by Crippen LogP contribution is -1.94. The Morgan fingerprint density at radius 2 is 1.94 bits per heavy atom. The predicted molar refractivity (Wildman–Crippen MR) is 61.5 cm³/mol. The quantitative estimate of drug-likeness (QED) is 0.806. The van der Waals surface area contributed by atoms with Crippen molar-refractivity contribution in [2.45, 2.75) is 6.92 Å². The number of benzene rings is 1. The number of aromatic amines is 1. The van der Waals surface area contributed by atoms with Crippen molar-refractivity contribution in [1.29, 1.82) is 0 Å². The summed E-state index contributed by atoms with van der Waals surface area (Å²) in [5.74, 6) is 1.22. The van der Waals surface area contributed by atoms with Gasteiger partial charge in [-0.05, 0) is 12.5 Å². The van der Waals surface area contributed by atoms with Crippen LogP contribution in [0.4, 0.5) is 0 Å². The van der Waals surface area contributed by atoms with Crippen molar-refractivity contribution in [3.05, 3.63) is 23.4 Å². The summed E-state index contributed by atoms with van der Waals surface area (Å²) in [5.41, 5.74) is 2.31. The molecular formula is C12H13NO3. The fourth-order valence-corrected chi connectivity index (χ4v) is 1.89. The summed E-state index contributed by atoms with van der Waals surface area (Å²) in [6, 6.07) is 1.73. The van der Waals surface area contributed by atoms with E-state index in [0.29, 0.717) is 17.1 Å². The van der Waals surface area contributed by atoms with Gasteiger partial charge in [0.15, 0.2) is 6.29 Å². The zero-order valence-electron chi connectivity index (χ0n) is 9.46. The summed E-state index contributed by atoms with van der Waals surface area (Å²) in [7, 11) is 3.13. The molecule has 1 N–H and O–H groups in total. The number of methoxy groups -OCH3 is 2. The highest BCUT2D eigenvalue weighted by atomic mass is 16.5. The van der Waals surface area contributed by atoms with E-state index in [2.05, 4.69) is 4.98 Å². The summed E-state index contributed by atoms with van der Waals surface area (Å²) in [6.45, 7) is 1.96. The Bertz CT molecular complexity index is 543. The molecule has 4 heteroatoms. The van der Waals surface area contributed by atoms with Gasteiger partial charge in [0.2, 0.25) is 0 Å². The number of aromatic nitrogens is 1. The summed E-state index contributed by atoms with van der Waals surface area (Å²) in [5, 5.41) is 0.922. The van der Waals surface area contributed by atoms with E-state index in [4.69, 9.17) is 9.47 Å². The number of carbonyl (C=O) groups is 1. The van der Waals surface area contributed by atoms with Crippen molar-refractivity contribution in [1.82, 2.24) is 4.98 Å². The van der Waals surface area contributed by atoms with Gasteiger partial charge >= 0.3 is 0 Å². The number of carbonyl (C=O) groups excluding carboxylic acids is 1. The highest BCUT2D eigenvalue weighted by molar-refractivity contribution is 6.03. The lowest BCUT2D eigenvalue weighted by Gasteiger charge is -2.09. The molecule has 0 atom stereocenters. The van der Waals surface area contributed by atoms with Crippen LogP contribution in [0.5, 0.6) is 11.5 Å². The van der Waals surface area contributed by atoms with E-state index in [1.54, 1.807) is 13.2 Å². The van der Waals surface area contributed by atoms with Crippen LogP contribution >= 0.6 is 0 Å². The van der Waals surface area contributed by atoms with Gasteiger partial charge in [-0.3, -0.25) is 4.79 Å². The SMILES string of the molecule is COc1cc(OC)c2c(C)c[nH]c2c1C=O. The van der Waals surface area contributed by atoms with E-state index >= 15 is 0 Å². The minimum absolute atomic E-state index is 0.515. The Kier molecular flexibility index (Phi) is 2.56. The molecule has 0 aliphatic rings. The van der Waals surface area contributed by atoms with Gasteiger partial charge in [-0.15, -0.1) is 0 Å². The highest BCUT2D eigenvalue weighted by Gasteiger charge is 2.15.